The van der Waals surface area contributed by atoms with Crippen molar-refractivity contribution in [2.24, 2.45) is 5.92 Å². The van der Waals surface area contributed by atoms with Crippen molar-refractivity contribution in [2.75, 3.05) is 18.1 Å². The third-order valence-electron chi connectivity index (χ3n) is 4.47. The highest BCUT2D eigenvalue weighted by atomic mass is 16.5. The minimum atomic E-state index is -1.13. The van der Waals surface area contributed by atoms with Crippen LogP contribution in [0.1, 0.15) is 26.2 Å². The average molecular weight is 332 g/mol. The van der Waals surface area contributed by atoms with Crippen LogP contribution in [0.5, 0.6) is 5.75 Å². The quantitative estimate of drug-likeness (QED) is 0.815. The monoisotopic (exact) mass is 332 g/mol. The van der Waals surface area contributed by atoms with Gasteiger partial charge in [-0.2, -0.15) is 0 Å². The van der Waals surface area contributed by atoms with E-state index in [-0.39, 0.29) is 24.8 Å². The van der Waals surface area contributed by atoms with E-state index in [2.05, 4.69) is 5.32 Å². The predicted molar refractivity (Wildman–Crippen MR) is 85.8 cm³/mol. The molecule has 0 bridgehead atoms. The molecule has 3 rings (SSSR count). The molecule has 24 heavy (non-hydrogen) atoms. The Morgan fingerprint density at radius 3 is 2.71 bits per heavy atom. The van der Waals surface area contributed by atoms with Crippen LogP contribution in [0.4, 0.5) is 5.69 Å². The number of nitrogens with one attached hydrogen (secondary N) is 1. The second kappa shape index (κ2) is 6.14. The largest absolute Gasteiger partial charge is 0.492 e. The number of nitrogens with zero attached hydrogens (tertiary/aromatic N) is 1. The van der Waals surface area contributed by atoms with Gasteiger partial charge in [0.1, 0.15) is 11.3 Å². The Morgan fingerprint density at radius 2 is 2.08 bits per heavy atom. The third-order valence-corrected chi connectivity index (χ3v) is 4.47. The number of benzene rings is 1. The number of carbonyl (C=O) groups excluding carboxylic acids is 2. The fourth-order valence-corrected chi connectivity index (χ4v) is 2.93. The first-order valence-corrected chi connectivity index (χ1v) is 8.04. The summed E-state index contributed by atoms with van der Waals surface area (Å²) < 4.78 is 5.54. The number of amides is 2. The molecule has 1 aliphatic carbocycles. The smallest absolute Gasteiger partial charge is 0.329 e. The van der Waals surface area contributed by atoms with Crippen LogP contribution in [0.2, 0.25) is 0 Å². The number of anilines is 1. The van der Waals surface area contributed by atoms with Gasteiger partial charge < -0.3 is 20.1 Å². The molecule has 0 spiro atoms. The molecular weight excluding hydrogens is 312 g/mol. The lowest BCUT2D eigenvalue weighted by molar-refractivity contribution is -0.143. The topological polar surface area (TPSA) is 95.9 Å². The summed E-state index contributed by atoms with van der Waals surface area (Å²) in [6.45, 7) is 2.56. The SMILES string of the molecule is CCOc1ccccc1N1CC(C(=O)NC2(C(=O)O)CC2)CC1=O. The van der Waals surface area contributed by atoms with Crippen molar-refractivity contribution in [3.63, 3.8) is 0 Å². The van der Waals surface area contributed by atoms with Crippen molar-refractivity contribution in [1.82, 2.24) is 5.32 Å². The molecule has 7 nitrogen and oxygen atoms in total. The van der Waals surface area contributed by atoms with Crippen LogP contribution in [0.15, 0.2) is 24.3 Å². The number of carboxylic acid groups (broad SMARTS) is 1. The van der Waals surface area contributed by atoms with Gasteiger partial charge in [-0.15, -0.1) is 0 Å². The summed E-state index contributed by atoms with van der Waals surface area (Å²) in [6, 6.07) is 7.19. The molecule has 0 radical (unpaired) electrons. The first kappa shape index (κ1) is 16.3. The molecular formula is C17H20N2O5. The van der Waals surface area contributed by atoms with Gasteiger partial charge in [0, 0.05) is 13.0 Å². The minimum Gasteiger partial charge on any atom is -0.492 e. The van der Waals surface area contributed by atoms with Crippen molar-refractivity contribution in [2.45, 2.75) is 31.7 Å². The van der Waals surface area contributed by atoms with E-state index < -0.39 is 17.4 Å². The molecule has 1 unspecified atom stereocenters. The fourth-order valence-electron chi connectivity index (χ4n) is 2.93. The van der Waals surface area contributed by atoms with E-state index in [4.69, 9.17) is 9.84 Å². The van der Waals surface area contributed by atoms with Crippen LogP contribution in [0.3, 0.4) is 0 Å². The third kappa shape index (κ3) is 2.93. The molecule has 1 saturated heterocycles. The molecule has 128 valence electrons. The first-order chi connectivity index (χ1) is 11.5. The molecule has 2 aliphatic rings. The minimum absolute atomic E-state index is 0.0714. The highest BCUT2D eigenvalue weighted by Crippen LogP contribution is 2.37. The molecule has 7 heteroatoms. The zero-order valence-electron chi connectivity index (χ0n) is 13.4. The van der Waals surface area contributed by atoms with Crippen molar-refractivity contribution < 1.29 is 24.2 Å². The van der Waals surface area contributed by atoms with Crippen LogP contribution in [0.25, 0.3) is 0 Å². The molecule has 1 atom stereocenters. The zero-order valence-corrected chi connectivity index (χ0v) is 13.4. The number of hydrogen-bond donors (Lipinski definition) is 2. The summed E-state index contributed by atoms with van der Waals surface area (Å²) in [5.74, 6) is -1.51. The molecule has 1 saturated carbocycles. The molecule has 1 heterocycles. The normalized spacial score (nSPS) is 21.5. The molecule has 2 fully saturated rings. The molecule has 1 aromatic rings. The fraction of sp³-hybridized carbons (Fsp3) is 0.471. The summed E-state index contributed by atoms with van der Waals surface area (Å²) >= 11 is 0. The van der Waals surface area contributed by atoms with Crippen molar-refractivity contribution >= 4 is 23.5 Å². The lowest BCUT2D eigenvalue weighted by atomic mass is 10.1. The first-order valence-electron chi connectivity index (χ1n) is 8.04. The number of hydrogen-bond acceptors (Lipinski definition) is 4. The van der Waals surface area contributed by atoms with Gasteiger partial charge in [-0.05, 0) is 31.9 Å². The number of ether oxygens (including phenoxy) is 1. The molecule has 2 N–H and O–H groups in total. The lowest BCUT2D eigenvalue weighted by Crippen LogP contribution is -2.46. The number of carboxylic acids is 1. The summed E-state index contributed by atoms with van der Waals surface area (Å²) in [5.41, 5.74) is -0.490. The highest BCUT2D eigenvalue weighted by Gasteiger charge is 2.53. The van der Waals surface area contributed by atoms with E-state index in [1.807, 2.05) is 19.1 Å². The van der Waals surface area contributed by atoms with E-state index in [0.29, 0.717) is 30.9 Å². The van der Waals surface area contributed by atoms with Crippen molar-refractivity contribution in [3.05, 3.63) is 24.3 Å². The summed E-state index contributed by atoms with van der Waals surface area (Å²) in [5, 5.41) is 11.8. The number of carbonyl (C=O) groups is 3. The zero-order chi connectivity index (χ0) is 17.3. The Hall–Kier alpha value is -2.57. The molecule has 1 aromatic carbocycles. The van der Waals surface area contributed by atoms with Gasteiger partial charge in [0.15, 0.2) is 0 Å². The molecule has 0 aromatic heterocycles. The highest BCUT2D eigenvalue weighted by molar-refractivity contribution is 6.02. The van der Waals surface area contributed by atoms with Gasteiger partial charge in [0.05, 0.1) is 18.2 Å². The average Bonchev–Trinajstić information content (AvgIpc) is 3.23. The Balaban J connectivity index is 1.72. The van der Waals surface area contributed by atoms with Crippen molar-refractivity contribution in [3.8, 4) is 5.75 Å². The summed E-state index contributed by atoms with van der Waals surface area (Å²) in [6.07, 6.45) is 0.944. The Morgan fingerprint density at radius 1 is 1.38 bits per heavy atom. The second-order valence-corrected chi connectivity index (χ2v) is 6.18. The van der Waals surface area contributed by atoms with Gasteiger partial charge in [0.2, 0.25) is 11.8 Å². The van der Waals surface area contributed by atoms with Gasteiger partial charge >= 0.3 is 5.97 Å². The second-order valence-electron chi connectivity index (χ2n) is 6.18. The van der Waals surface area contributed by atoms with Gasteiger partial charge in [-0.25, -0.2) is 4.79 Å². The van der Waals surface area contributed by atoms with Gasteiger partial charge in [0.25, 0.3) is 0 Å². The van der Waals surface area contributed by atoms with Crippen LogP contribution < -0.4 is 15.0 Å². The molecule has 1 aliphatic heterocycles. The predicted octanol–water partition coefficient (Wildman–Crippen LogP) is 1.17. The molecule has 2 amide bonds. The van der Waals surface area contributed by atoms with Crippen LogP contribution >= 0.6 is 0 Å². The van der Waals surface area contributed by atoms with E-state index in [1.165, 1.54) is 4.90 Å². The van der Waals surface area contributed by atoms with Crippen LogP contribution in [0, 0.1) is 5.92 Å². The maximum Gasteiger partial charge on any atom is 0.329 e. The number of rotatable bonds is 6. The summed E-state index contributed by atoms with van der Waals surface area (Å²) in [7, 11) is 0. The van der Waals surface area contributed by atoms with Crippen LogP contribution in [-0.2, 0) is 14.4 Å². The Bertz CT molecular complexity index is 683. The van der Waals surface area contributed by atoms with Crippen molar-refractivity contribution in [1.29, 1.82) is 0 Å². The van der Waals surface area contributed by atoms with E-state index in [1.54, 1.807) is 12.1 Å². The Labute approximate surface area is 139 Å². The maximum absolute atomic E-state index is 12.4. The maximum atomic E-state index is 12.4. The standard InChI is InChI=1S/C17H20N2O5/c1-2-24-13-6-4-3-5-12(13)19-10-11(9-14(19)20)15(21)18-17(7-8-17)16(22)23/h3-6,11H,2,7-10H2,1H3,(H,18,21)(H,22,23). The van der Waals surface area contributed by atoms with E-state index in [0.717, 1.165) is 0 Å². The van der Waals surface area contributed by atoms with Gasteiger partial charge in [-0.1, -0.05) is 12.1 Å². The lowest BCUT2D eigenvalue weighted by Gasteiger charge is -2.20. The Kier molecular flexibility index (Phi) is 4.17. The number of para-hydroxylation sites is 2. The van der Waals surface area contributed by atoms with Crippen LogP contribution in [-0.4, -0.2) is 41.6 Å². The van der Waals surface area contributed by atoms with E-state index >= 15 is 0 Å². The van der Waals surface area contributed by atoms with Gasteiger partial charge in [-0.3, -0.25) is 9.59 Å². The number of aliphatic carboxylic acids is 1. The van der Waals surface area contributed by atoms with E-state index in [9.17, 15) is 14.4 Å². The summed E-state index contributed by atoms with van der Waals surface area (Å²) in [4.78, 5) is 37.4.